The Labute approximate surface area is 165 Å². The van der Waals surface area contributed by atoms with Crippen LogP contribution < -0.4 is 4.74 Å². The predicted molar refractivity (Wildman–Crippen MR) is 103 cm³/mol. The van der Waals surface area contributed by atoms with Crippen molar-refractivity contribution in [2.75, 3.05) is 5.75 Å². The van der Waals surface area contributed by atoms with Gasteiger partial charge in [0.05, 0.1) is 5.02 Å². The lowest BCUT2D eigenvalue weighted by Crippen LogP contribution is -2.47. The average molecular weight is 408 g/mol. The summed E-state index contributed by atoms with van der Waals surface area (Å²) in [5, 5.41) is 0.504. The zero-order valence-electron chi connectivity index (χ0n) is 13.7. The number of rotatable bonds is 3. The zero-order chi connectivity index (χ0) is 18.3. The molecule has 0 saturated carbocycles. The SMILES string of the molecule is O=C(Oc1cccc(Cl)c1Cl)[C@@H]1CS[C@]2(c3ccccc3)CCC(=O)N12. The van der Waals surface area contributed by atoms with Crippen LogP contribution in [0.15, 0.2) is 48.5 Å². The van der Waals surface area contributed by atoms with Gasteiger partial charge in [-0.2, -0.15) is 0 Å². The van der Waals surface area contributed by atoms with E-state index in [4.69, 9.17) is 27.9 Å². The van der Waals surface area contributed by atoms with Gasteiger partial charge >= 0.3 is 5.97 Å². The van der Waals surface area contributed by atoms with Crippen molar-refractivity contribution in [3.05, 3.63) is 64.1 Å². The van der Waals surface area contributed by atoms with Gasteiger partial charge in [-0.15, -0.1) is 11.8 Å². The van der Waals surface area contributed by atoms with Crippen molar-refractivity contribution in [2.24, 2.45) is 0 Å². The maximum absolute atomic E-state index is 12.8. The number of carbonyl (C=O) groups is 2. The van der Waals surface area contributed by atoms with Gasteiger partial charge in [-0.3, -0.25) is 4.79 Å². The molecule has 0 N–H and O–H groups in total. The number of halogens is 2. The highest BCUT2D eigenvalue weighted by molar-refractivity contribution is 8.00. The van der Waals surface area contributed by atoms with Crippen LogP contribution in [0.1, 0.15) is 18.4 Å². The molecule has 7 heteroatoms. The van der Waals surface area contributed by atoms with Gasteiger partial charge in [-0.05, 0) is 24.1 Å². The van der Waals surface area contributed by atoms with Gasteiger partial charge in [-0.25, -0.2) is 4.79 Å². The molecule has 2 aliphatic heterocycles. The molecule has 2 atom stereocenters. The van der Waals surface area contributed by atoms with Crippen molar-refractivity contribution in [3.8, 4) is 5.75 Å². The van der Waals surface area contributed by atoms with Gasteiger partial charge in [-0.1, -0.05) is 59.6 Å². The topological polar surface area (TPSA) is 46.6 Å². The molecule has 0 bridgehead atoms. The first-order chi connectivity index (χ1) is 12.5. The van der Waals surface area contributed by atoms with E-state index >= 15 is 0 Å². The first kappa shape index (κ1) is 17.7. The number of hydrogen-bond acceptors (Lipinski definition) is 4. The summed E-state index contributed by atoms with van der Waals surface area (Å²) in [6.07, 6.45) is 1.10. The highest BCUT2D eigenvalue weighted by Gasteiger charge is 2.57. The van der Waals surface area contributed by atoms with E-state index in [2.05, 4.69) is 0 Å². The molecule has 0 spiro atoms. The van der Waals surface area contributed by atoms with Gasteiger partial charge in [0.25, 0.3) is 0 Å². The summed E-state index contributed by atoms with van der Waals surface area (Å²) < 4.78 is 5.48. The minimum Gasteiger partial charge on any atom is -0.423 e. The third kappa shape index (κ3) is 2.79. The van der Waals surface area contributed by atoms with Gasteiger partial charge in [0.2, 0.25) is 5.91 Å². The number of amides is 1. The maximum atomic E-state index is 12.8. The monoisotopic (exact) mass is 407 g/mol. The lowest BCUT2D eigenvalue weighted by Gasteiger charge is -2.33. The Morgan fingerprint density at radius 1 is 1.15 bits per heavy atom. The molecule has 26 heavy (non-hydrogen) atoms. The van der Waals surface area contributed by atoms with E-state index < -0.39 is 16.9 Å². The van der Waals surface area contributed by atoms with Crippen molar-refractivity contribution in [1.82, 2.24) is 4.90 Å². The highest BCUT2D eigenvalue weighted by Crippen LogP contribution is 2.54. The molecule has 4 nitrogen and oxygen atoms in total. The van der Waals surface area contributed by atoms with Crippen LogP contribution in [-0.2, 0) is 14.5 Å². The minimum atomic E-state index is -0.648. The molecule has 0 aromatic heterocycles. The highest BCUT2D eigenvalue weighted by atomic mass is 35.5. The molecular formula is C19H15Cl2NO3S. The number of carbonyl (C=O) groups excluding carboxylic acids is 2. The van der Waals surface area contributed by atoms with Crippen LogP contribution in [0, 0.1) is 0 Å². The van der Waals surface area contributed by atoms with Crippen molar-refractivity contribution in [3.63, 3.8) is 0 Å². The molecule has 0 radical (unpaired) electrons. The van der Waals surface area contributed by atoms with Gasteiger partial charge in [0, 0.05) is 12.2 Å². The molecule has 2 aromatic carbocycles. The quantitative estimate of drug-likeness (QED) is 0.555. The standard InChI is InChI=1S/C19H15Cl2NO3S/c20-13-7-4-8-15(17(13)21)25-18(24)14-11-26-19(10-9-16(23)22(14)19)12-5-2-1-3-6-12/h1-8,14H,9-11H2/t14-,19-/m0/s1. The molecule has 2 fully saturated rings. The molecule has 0 aliphatic carbocycles. The summed E-state index contributed by atoms with van der Waals surface area (Å²) in [5.74, 6) is 0.170. The van der Waals surface area contributed by atoms with Crippen molar-refractivity contribution >= 4 is 46.8 Å². The van der Waals surface area contributed by atoms with Crippen LogP contribution in [0.4, 0.5) is 0 Å². The van der Waals surface area contributed by atoms with Crippen LogP contribution in [0.25, 0.3) is 0 Å². The number of benzene rings is 2. The van der Waals surface area contributed by atoms with Gasteiger partial charge in [0.1, 0.15) is 15.9 Å². The summed E-state index contributed by atoms with van der Waals surface area (Å²) in [5.41, 5.74) is 1.03. The van der Waals surface area contributed by atoms with E-state index in [1.807, 2.05) is 30.3 Å². The Bertz CT molecular complexity index is 876. The van der Waals surface area contributed by atoms with Crippen LogP contribution >= 0.6 is 35.0 Å². The number of thioether (sulfide) groups is 1. The third-order valence-corrected chi connectivity index (χ3v) is 7.15. The second kappa shape index (κ2) is 6.80. The number of fused-ring (bicyclic) bond motifs is 1. The normalized spacial score (nSPS) is 24.6. The first-order valence-electron chi connectivity index (χ1n) is 8.20. The lowest BCUT2D eigenvalue weighted by molar-refractivity contribution is -0.146. The molecular weight excluding hydrogens is 393 g/mol. The van der Waals surface area contributed by atoms with E-state index in [0.29, 0.717) is 23.6 Å². The molecule has 1 amide bonds. The summed E-state index contributed by atoms with van der Waals surface area (Å²) in [6, 6.07) is 14.1. The second-order valence-electron chi connectivity index (χ2n) is 6.21. The second-order valence-corrected chi connectivity index (χ2v) is 8.30. The van der Waals surface area contributed by atoms with E-state index in [-0.39, 0.29) is 16.7 Å². The molecule has 134 valence electrons. The van der Waals surface area contributed by atoms with E-state index in [9.17, 15) is 9.59 Å². The fourth-order valence-electron chi connectivity index (χ4n) is 3.56. The summed E-state index contributed by atoms with van der Waals surface area (Å²) in [6.45, 7) is 0. The fourth-order valence-corrected chi connectivity index (χ4v) is 5.52. The Morgan fingerprint density at radius 3 is 2.69 bits per heavy atom. The van der Waals surface area contributed by atoms with Gasteiger partial charge in [0.15, 0.2) is 5.75 Å². The van der Waals surface area contributed by atoms with Crippen LogP contribution in [0.3, 0.4) is 0 Å². The number of hydrogen-bond donors (Lipinski definition) is 0. The Kier molecular flexibility index (Phi) is 4.63. The van der Waals surface area contributed by atoms with Gasteiger partial charge < -0.3 is 9.64 Å². The van der Waals surface area contributed by atoms with Crippen LogP contribution in [0.2, 0.25) is 10.0 Å². The maximum Gasteiger partial charge on any atom is 0.335 e. The number of esters is 1. The number of nitrogens with zero attached hydrogens (tertiary/aromatic N) is 1. The van der Waals surface area contributed by atoms with Crippen molar-refractivity contribution in [2.45, 2.75) is 23.8 Å². The van der Waals surface area contributed by atoms with E-state index in [1.54, 1.807) is 34.9 Å². The van der Waals surface area contributed by atoms with E-state index in [1.165, 1.54) is 0 Å². The molecule has 0 unspecified atom stereocenters. The van der Waals surface area contributed by atoms with Crippen LogP contribution in [-0.4, -0.2) is 28.6 Å². The summed E-state index contributed by atoms with van der Waals surface area (Å²) >= 11 is 13.7. The fraction of sp³-hybridized carbons (Fsp3) is 0.263. The Hall–Kier alpha value is -1.69. The average Bonchev–Trinajstić information content (AvgIpc) is 3.19. The molecule has 4 rings (SSSR count). The Balaban J connectivity index is 1.63. The summed E-state index contributed by atoms with van der Waals surface area (Å²) in [4.78, 5) is 26.6. The molecule has 2 aliphatic rings. The predicted octanol–water partition coefficient (Wildman–Crippen LogP) is 4.49. The third-order valence-electron chi connectivity index (χ3n) is 4.75. The molecule has 2 saturated heterocycles. The number of ether oxygens (including phenoxy) is 1. The van der Waals surface area contributed by atoms with E-state index in [0.717, 1.165) is 5.56 Å². The van der Waals surface area contributed by atoms with Crippen molar-refractivity contribution in [1.29, 1.82) is 0 Å². The van der Waals surface area contributed by atoms with Crippen LogP contribution in [0.5, 0.6) is 5.75 Å². The molecule has 2 aromatic rings. The first-order valence-corrected chi connectivity index (χ1v) is 9.94. The summed E-state index contributed by atoms with van der Waals surface area (Å²) in [7, 11) is 0. The minimum absolute atomic E-state index is 0.0296. The van der Waals surface area contributed by atoms with Crippen molar-refractivity contribution < 1.29 is 14.3 Å². The smallest absolute Gasteiger partial charge is 0.335 e. The largest absolute Gasteiger partial charge is 0.423 e. The zero-order valence-corrected chi connectivity index (χ0v) is 16.0. The molecule has 2 heterocycles. The Morgan fingerprint density at radius 2 is 1.92 bits per heavy atom. The lowest BCUT2D eigenvalue weighted by atomic mass is 10.0.